The first-order chi connectivity index (χ1) is 13.9. The first-order valence-corrected chi connectivity index (χ1v) is 10.6. The van der Waals surface area contributed by atoms with E-state index in [4.69, 9.17) is 4.74 Å². The molecule has 0 unspecified atom stereocenters. The number of benzene rings is 1. The molecule has 1 fully saturated rings. The maximum absolute atomic E-state index is 13.0. The highest BCUT2D eigenvalue weighted by atomic mass is 32.1. The molecule has 1 amide bonds. The van der Waals surface area contributed by atoms with E-state index in [1.165, 1.54) is 10.9 Å². The number of likely N-dealkylation sites (tertiary alicyclic amines) is 1. The van der Waals surface area contributed by atoms with E-state index >= 15 is 0 Å². The highest BCUT2D eigenvalue weighted by molar-refractivity contribution is 7.09. The molecular weight excluding hydrogens is 401 g/mol. The van der Waals surface area contributed by atoms with Crippen molar-refractivity contribution in [2.45, 2.75) is 32.0 Å². The van der Waals surface area contributed by atoms with Crippen LogP contribution in [0.2, 0.25) is 0 Å². The van der Waals surface area contributed by atoms with Crippen molar-refractivity contribution in [3.8, 4) is 5.75 Å². The summed E-state index contributed by atoms with van der Waals surface area (Å²) >= 11 is 1.74. The minimum atomic E-state index is -4.46. The third kappa shape index (κ3) is 4.93. The number of anilines is 1. The number of carbonyl (C=O) groups is 1. The van der Waals surface area contributed by atoms with Crippen LogP contribution in [0.15, 0.2) is 35.7 Å². The second-order valence-corrected chi connectivity index (χ2v) is 8.75. The van der Waals surface area contributed by atoms with E-state index in [1.807, 2.05) is 0 Å². The summed E-state index contributed by atoms with van der Waals surface area (Å²) in [7, 11) is 0. The third-order valence-corrected chi connectivity index (χ3v) is 6.57. The van der Waals surface area contributed by atoms with Crippen LogP contribution in [-0.4, -0.2) is 30.5 Å². The van der Waals surface area contributed by atoms with Gasteiger partial charge in [0.25, 0.3) is 0 Å². The fourth-order valence-electron chi connectivity index (χ4n) is 4.21. The molecule has 4 nitrogen and oxygen atoms in total. The summed E-state index contributed by atoms with van der Waals surface area (Å²) < 4.78 is 44.8. The quantitative estimate of drug-likeness (QED) is 0.736. The van der Waals surface area contributed by atoms with E-state index in [9.17, 15) is 18.0 Å². The van der Waals surface area contributed by atoms with Gasteiger partial charge < -0.3 is 10.1 Å². The zero-order valence-electron chi connectivity index (χ0n) is 15.9. The van der Waals surface area contributed by atoms with Crippen LogP contribution in [0.5, 0.6) is 5.75 Å². The first kappa shape index (κ1) is 20.2. The molecular formula is C21H23F3N2O2S. The Hall–Kier alpha value is -2.06. The van der Waals surface area contributed by atoms with E-state index in [1.54, 1.807) is 11.3 Å². The largest absolute Gasteiger partial charge is 0.491 e. The Bertz CT molecular complexity index is 854. The molecule has 0 spiro atoms. The van der Waals surface area contributed by atoms with E-state index in [-0.39, 0.29) is 23.3 Å². The number of piperidine rings is 1. The molecule has 2 aliphatic rings. The van der Waals surface area contributed by atoms with Crippen molar-refractivity contribution in [2.75, 3.05) is 25.0 Å². The summed E-state index contributed by atoms with van der Waals surface area (Å²) in [5, 5.41) is 4.72. The van der Waals surface area contributed by atoms with Crippen molar-refractivity contribution >= 4 is 22.9 Å². The number of nitrogens with one attached hydrogen (secondary N) is 1. The fourth-order valence-corrected chi connectivity index (χ4v) is 4.95. The van der Waals surface area contributed by atoms with Crippen LogP contribution in [-0.2, 0) is 17.5 Å². The van der Waals surface area contributed by atoms with Crippen LogP contribution < -0.4 is 10.1 Å². The molecule has 1 N–H and O–H groups in total. The van der Waals surface area contributed by atoms with Gasteiger partial charge in [-0.1, -0.05) is 6.07 Å². The molecule has 1 aromatic carbocycles. The number of ether oxygens (including phenoxy) is 1. The van der Waals surface area contributed by atoms with Crippen molar-refractivity contribution < 1.29 is 22.7 Å². The number of nitrogens with zero attached hydrogens (tertiary/aromatic N) is 1. The molecule has 0 saturated carbocycles. The average Bonchev–Trinajstić information content (AvgIpc) is 3.17. The molecule has 29 heavy (non-hydrogen) atoms. The smallest absolute Gasteiger partial charge is 0.416 e. The van der Waals surface area contributed by atoms with Gasteiger partial charge in [0.1, 0.15) is 5.75 Å². The second kappa shape index (κ2) is 8.36. The lowest BCUT2D eigenvalue weighted by Crippen LogP contribution is -2.42. The Morgan fingerprint density at radius 2 is 2.07 bits per heavy atom. The maximum Gasteiger partial charge on any atom is 0.416 e. The highest BCUT2D eigenvalue weighted by Crippen LogP contribution is 2.37. The van der Waals surface area contributed by atoms with Gasteiger partial charge >= 0.3 is 6.18 Å². The number of fused-ring (bicyclic) bond motifs is 2. The molecule has 0 bridgehead atoms. The van der Waals surface area contributed by atoms with Crippen molar-refractivity contribution in [2.24, 2.45) is 11.8 Å². The summed E-state index contributed by atoms with van der Waals surface area (Å²) in [6.07, 6.45) is -2.46. The SMILES string of the molecule is O=C1C[C@@H]2CCN(Cc3cccs3)C[C@@H]2CCOc2ccc(C(F)(F)F)cc2N1. The zero-order valence-corrected chi connectivity index (χ0v) is 16.7. The van der Waals surface area contributed by atoms with Crippen LogP contribution in [0.1, 0.15) is 29.7 Å². The van der Waals surface area contributed by atoms with Crippen molar-refractivity contribution in [1.29, 1.82) is 0 Å². The van der Waals surface area contributed by atoms with Crippen LogP contribution in [0, 0.1) is 11.8 Å². The number of rotatable bonds is 2. The monoisotopic (exact) mass is 424 g/mol. The molecule has 3 heterocycles. The molecule has 2 atom stereocenters. The van der Waals surface area contributed by atoms with Crippen LogP contribution >= 0.6 is 11.3 Å². The summed E-state index contributed by atoms with van der Waals surface area (Å²) in [6, 6.07) is 7.42. The van der Waals surface area contributed by atoms with Gasteiger partial charge in [-0.3, -0.25) is 9.69 Å². The number of carbonyl (C=O) groups excluding carboxylic acids is 1. The summed E-state index contributed by atoms with van der Waals surface area (Å²) in [5.74, 6) is 0.574. The number of halogens is 3. The fraction of sp³-hybridized carbons (Fsp3) is 0.476. The summed E-state index contributed by atoms with van der Waals surface area (Å²) in [5.41, 5.74) is -0.699. The summed E-state index contributed by atoms with van der Waals surface area (Å²) in [6.45, 7) is 3.15. The van der Waals surface area contributed by atoms with Crippen molar-refractivity contribution in [1.82, 2.24) is 4.90 Å². The van der Waals surface area contributed by atoms with Gasteiger partial charge in [-0.15, -0.1) is 11.3 Å². The Morgan fingerprint density at radius 1 is 1.21 bits per heavy atom. The topological polar surface area (TPSA) is 41.6 Å². The Morgan fingerprint density at radius 3 is 2.83 bits per heavy atom. The highest BCUT2D eigenvalue weighted by Gasteiger charge is 2.34. The Balaban J connectivity index is 1.47. The normalized spacial score (nSPS) is 23.5. The predicted octanol–water partition coefficient (Wildman–Crippen LogP) is 5.02. The second-order valence-electron chi connectivity index (χ2n) is 7.72. The van der Waals surface area contributed by atoms with Crippen LogP contribution in [0.4, 0.5) is 18.9 Å². The summed E-state index contributed by atoms with van der Waals surface area (Å²) in [4.78, 5) is 16.3. The van der Waals surface area contributed by atoms with Gasteiger partial charge in [-0.25, -0.2) is 0 Å². The zero-order chi connectivity index (χ0) is 20.4. The first-order valence-electron chi connectivity index (χ1n) is 9.77. The standard InChI is InChI=1S/C21H23F3N2O2S/c22-21(23,24)16-3-4-19-18(11-16)25-20(27)10-14-5-7-26(12-15(14)6-8-28-19)13-17-2-1-9-29-17/h1-4,9,11,14-15H,5-8,10,12-13H2,(H,25,27)/t14-,15-/m0/s1. The van der Waals surface area contributed by atoms with Crippen molar-refractivity contribution in [3.63, 3.8) is 0 Å². The number of thiophene rings is 1. The lowest BCUT2D eigenvalue weighted by atomic mass is 9.81. The molecule has 8 heteroatoms. The molecule has 2 aliphatic heterocycles. The van der Waals surface area contributed by atoms with E-state index in [2.05, 4.69) is 27.7 Å². The van der Waals surface area contributed by atoms with E-state index in [0.717, 1.165) is 44.6 Å². The van der Waals surface area contributed by atoms with Gasteiger partial charge in [-0.05, 0) is 60.9 Å². The predicted molar refractivity (Wildman–Crippen MR) is 106 cm³/mol. The third-order valence-electron chi connectivity index (χ3n) is 5.71. The molecule has 1 saturated heterocycles. The number of hydrogen-bond donors (Lipinski definition) is 1. The minimum absolute atomic E-state index is 0.0957. The number of amides is 1. The van der Waals surface area contributed by atoms with E-state index < -0.39 is 11.7 Å². The lowest BCUT2D eigenvalue weighted by molar-refractivity contribution is -0.137. The van der Waals surface area contributed by atoms with Gasteiger partial charge in [-0.2, -0.15) is 13.2 Å². The van der Waals surface area contributed by atoms with Gasteiger partial charge in [0.05, 0.1) is 17.9 Å². The number of alkyl halides is 3. The molecule has 0 radical (unpaired) electrons. The molecule has 156 valence electrons. The molecule has 4 rings (SSSR count). The van der Waals surface area contributed by atoms with Gasteiger partial charge in [0, 0.05) is 24.4 Å². The Kier molecular flexibility index (Phi) is 5.83. The van der Waals surface area contributed by atoms with Crippen LogP contribution in [0.25, 0.3) is 0 Å². The number of hydrogen-bond acceptors (Lipinski definition) is 4. The lowest BCUT2D eigenvalue weighted by Gasteiger charge is -2.38. The van der Waals surface area contributed by atoms with E-state index in [0.29, 0.717) is 18.9 Å². The van der Waals surface area contributed by atoms with Gasteiger partial charge in [0.15, 0.2) is 0 Å². The maximum atomic E-state index is 13.0. The Labute approximate surface area is 171 Å². The molecule has 2 aromatic rings. The van der Waals surface area contributed by atoms with Crippen molar-refractivity contribution in [3.05, 3.63) is 46.2 Å². The molecule has 1 aromatic heterocycles. The van der Waals surface area contributed by atoms with Crippen LogP contribution in [0.3, 0.4) is 0 Å². The van der Waals surface area contributed by atoms with Gasteiger partial charge in [0.2, 0.25) is 5.91 Å². The average molecular weight is 424 g/mol. The molecule has 0 aliphatic carbocycles. The minimum Gasteiger partial charge on any atom is -0.491 e.